The lowest BCUT2D eigenvalue weighted by atomic mass is 10.1. The Labute approximate surface area is 116 Å². The van der Waals surface area contributed by atoms with Crippen LogP contribution in [0.4, 0.5) is 5.82 Å². The van der Waals surface area contributed by atoms with Crippen LogP contribution in [0.5, 0.6) is 0 Å². The summed E-state index contributed by atoms with van der Waals surface area (Å²) in [6.07, 6.45) is 3.46. The third-order valence-electron chi connectivity index (χ3n) is 3.32. The first-order valence-corrected chi connectivity index (χ1v) is 7.16. The van der Waals surface area contributed by atoms with Crippen molar-refractivity contribution in [2.75, 3.05) is 11.4 Å². The second-order valence-electron chi connectivity index (χ2n) is 4.81. The molecule has 1 rings (SSSR count). The van der Waals surface area contributed by atoms with Crippen molar-refractivity contribution in [1.29, 1.82) is 0 Å². The van der Waals surface area contributed by atoms with Gasteiger partial charge in [0.1, 0.15) is 16.8 Å². The minimum absolute atomic E-state index is 0.473. The van der Waals surface area contributed by atoms with Gasteiger partial charge < -0.3 is 4.90 Å². The first-order chi connectivity index (χ1) is 8.51. The molecule has 1 unspecified atom stereocenters. The van der Waals surface area contributed by atoms with Gasteiger partial charge in [0.2, 0.25) is 0 Å². The monoisotopic (exact) mass is 269 g/mol. The second kappa shape index (κ2) is 6.93. The Morgan fingerprint density at radius 1 is 1.22 bits per heavy atom. The zero-order chi connectivity index (χ0) is 13.7. The highest BCUT2D eigenvalue weighted by Crippen LogP contribution is 2.26. The molecule has 0 aliphatic heterocycles. The summed E-state index contributed by atoms with van der Waals surface area (Å²) < 4.78 is 0. The van der Waals surface area contributed by atoms with Gasteiger partial charge in [-0.3, -0.25) is 0 Å². The fourth-order valence-electron chi connectivity index (χ4n) is 1.94. The molecule has 1 aromatic heterocycles. The van der Waals surface area contributed by atoms with Crippen LogP contribution in [-0.4, -0.2) is 22.6 Å². The van der Waals surface area contributed by atoms with E-state index in [1.165, 1.54) is 12.8 Å². The molecule has 3 nitrogen and oxygen atoms in total. The summed E-state index contributed by atoms with van der Waals surface area (Å²) in [7, 11) is 0. The molecule has 0 aromatic carbocycles. The summed E-state index contributed by atoms with van der Waals surface area (Å²) in [5, 5.41) is 0.572. The number of nitrogens with zero attached hydrogens (tertiary/aromatic N) is 3. The summed E-state index contributed by atoms with van der Waals surface area (Å²) >= 11 is 6.17. The third kappa shape index (κ3) is 3.58. The highest BCUT2D eigenvalue weighted by atomic mass is 35.5. The van der Waals surface area contributed by atoms with E-state index in [1.807, 2.05) is 13.8 Å². The molecule has 0 radical (unpaired) electrons. The Morgan fingerprint density at radius 3 is 2.44 bits per heavy atom. The molecule has 0 bridgehead atoms. The first kappa shape index (κ1) is 15.2. The van der Waals surface area contributed by atoms with Crippen molar-refractivity contribution in [3.63, 3.8) is 0 Å². The second-order valence-corrected chi connectivity index (χ2v) is 5.17. The fourth-order valence-corrected chi connectivity index (χ4v) is 2.15. The largest absolute Gasteiger partial charge is 0.354 e. The lowest BCUT2D eigenvalue weighted by molar-refractivity contribution is 0.586. The average molecular weight is 270 g/mol. The van der Waals surface area contributed by atoms with Crippen LogP contribution in [0.3, 0.4) is 0 Å². The number of unbranched alkanes of at least 4 members (excludes halogenated alkanes) is 1. The fraction of sp³-hybridized carbons (Fsp3) is 0.714. The first-order valence-electron chi connectivity index (χ1n) is 6.78. The Bertz CT molecular complexity index is 393. The van der Waals surface area contributed by atoms with E-state index in [0.29, 0.717) is 11.2 Å². The van der Waals surface area contributed by atoms with E-state index in [1.54, 1.807) is 0 Å². The Balaban J connectivity index is 3.11. The van der Waals surface area contributed by atoms with E-state index < -0.39 is 0 Å². The van der Waals surface area contributed by atoms with E-state index in [0.717, 1.165) is 30.2 Å². The number of anilines is 1. The summed E-state index contributed by atoms with van der Waals surface area (Å²) in [5.74, 6) is 1.74. The van der Waals surface area contributed by atoms with Crippen LogP contribution in [0.15, 0.2) is 0 Å². The molecule has 0 spiro atoms. The van der Waals surface area contributed by atoms with Gasteiger partial charge in [-0.05, 0) is 33.6 Å². The Hall–Kier alpha value is -0.830. The van der Waals surface area contributed by atoms with Gasteiger partial charge in [-0.15, -0.1) is 0 Å². The van der Waals surface area contributed by atoms with Crippen molar-refractivity contribution in [2.45, 2.75) is 59.9 Å². The maximum Gasteiger partial charge on any atom is 0.137 e. The molecule has 0 saturated heterocycles. The number of rotatable bonds is 6. The van der Waals surface area contributed by atoms with Gasteiger partial charge in [0.05, 0.1) is 0 Å². The standard InChI is InChI=1S/C14H24ClN3/c1-6-8-9-18(10(3)7-2)14-11(4)13(15)16-12(5)17-14/h10H,6-9H2,1-5H3. The molecular formula is C14H24ClN3. The minimum atomic E-state index is 0.473. The molecular weight excluding hydrogens is 246 g/mol. The third-order valence-corrected chi connectivity index (χ3v) is 3.69. The van der Waals surface area contributed by atoms with Crippen molar-refractivity contribution < 1.29 is 0 Å². The number of hydrogen-bond acceptors (Lipinski definition) is 3. The lowest BCUT2D eigenvalue weighted by Crippen LogP contribution is -2.35. The SMILES string of the molecule is CCCCN(c1nc(C)nc(Cl)c1C)C(C)CC. The maximum atomic E-state index is 6.17. The van der Waals surface area contributed by atoms with Gasteiger partial charge in [0, 0.05) is 18.2 Å². The van der Waals surface area contributed by atoms with E-state index >= 15 is 0 Å². The van der Waals surface area contributed by atoms with Crippen LogP contribution < -0.4 is 4.90 Å². The molecule has 4 heteroatoms. The lowest BCUT2D eigenvalue weighted by Gasteiger charge is -2.31. The molecule has 0 saturated carbocycles. The number of halogens is 1. The van der Waals surface area contributed by atoms with E-state index in [-0.39, 0.29) is 0 Å². The predicted molar refractivity (Wildman–Crippen MR) is 78.5 cm³/mol. The highest BCUT2D eigenvalue weighted by Gasteiger charge is 2.18. The summed E-state index contributed by atoms with van der Waals surface area (Å²) in [4.78, 5) is 11.2. The highest BCUT2D eigenvalue weighted by molar-refractivity contribution is 6.30. The van der Waals surface area contributed by atoms with Crippen molar-refractivity contribution in [3.05, 3.63) is 16.5 Å². The van der Waals surface area contributed by atoms with Crippen molar-refractivity contribution in [2.24, 2.45) is 0 Å². The smallest absolute Gasteiger partial charge is 0.137 e. The minimum Gasteiger partial charge on any atom is -0.354 e. The topological polar surface area (TPSA) is 29.0 Å². The zero-order valence-corrected chi connectivity index (χ0v) is 12.9. The molecule has 18 heavy (non-hydrogen) atoms. The van der Waals surface area contributed by atoms with Gasteiger partial charge in [-0.1, -0.05) is 31.9 Å². The molecule has 1 atom stereocenters. The summed E-state index contributed by atoms with van der Waals surface area (Å²) in [5.41, 5.74) is 0.985. The molecule has 0 aliphatic rings. The van der Waals surface area contributed by atoms with E-state index in [2.05, 4.69) is 35.6 Å². The molecule has 102 valence electrons. The van der Waals surface area contributed by atoms with Gasteiger partial charge in [-0.2, -0.15) is 0 Å². The molecule has 0 fully saturated rings. The van der Waals surface area contributed by atoms with Crippen LogP contribution >= 0.6 is 11.6 Å². The van der Waals surface area contributed by atoms with E-state index in [9.17, 15) is 0 Å². The Morgan fingerprint density at radius 2 is 1.89 bits per heavy atom. The Kier molecular flexibility index (Phi) is 5.86. The van der Waals surface area contributed by atoms with E-state index in [4.69, 9.17) is 11.6 Å². The average Bonchev–Trinajstić information content (AvgIpc) is 2.34. The van der Waals surface area contributed by atoms with Crippen LogP contribution in [0.25, 0.3) is 0 Å². The van der Waals surface area contributed by atoms with Gasteiger partial charge >= 0.3 is 0 Å². The van der Waals surface area contributed by atoms with Crippen molar-refractivity contribution in [3.8, 4) is 0 Å². The number of aryl methyl sites for hydroxylation is 1. The number of aromatic nitrogens is 2. The zero-order valence-electron chi connectivity index (χ0n) is 12.1. The summed E-state index contributed by atoms with van der Waals surface area (Å²) in [6.45, 7) is 11.6. The normalized spacial score (nSPS) is 12.6. The molecule has 0 amide bonds. The summed E-state index contributed by atoms with van der Waals surface area (Å²) in [6, 6.07) is 0.473. The number of hydrogen-bond donors (Lipinski definition) is 0. The van der Waals surface area contributed by atoms with Gasteiger partial charge in [0.25, 0.3) is 0 Å². The van der Waals surface area contributed by atoms with Crippen LogP contribution in [0, 0.1) is 13.8 Å². The molecule has 0 N–H and O–H groups in total. The molecule has 1 heterocycles. The van der Waals surface area contributed by atoms with Gasteiger partial charge in [-0.25, -0.2) is 9.97 Å². The molecule has 1 aromatic rings. The van der Waals surface area contributed by atoms with Crippen molar-refractivity contribution >= 4 is 17.4 Å². The van der Waals surface area contributed by atoms with Gasteiger partial charge in [0.15, 0.2) is 0 Å². The molecule has 0 aliphatic carbocycles. The van der Waals surface area contributed by atoms with Crippen molar-refractivity contribution in [1.82, 2.24) is 9.97 Å². The van der Waals surface area contributed by atoms with Crippen LogP contribution in [0.1, 0.15) is 51.4 Å². The van der Waals surface area contributed by atoms with Crippen LogP contribution in [0.2, 0.25) is 5.15 Å². The maximum absolute atomic E-state index is 6.17. The predicted octanol–water partition coefficient (Wildman–Crippen LogP) is 4.15. The van der Waals surface area contributed by atoms with Crippen LogP contribution in [-0.2, 0) is 0 Å². The quantitative estimate of drug-likeness (QED) is 0.727.